The van der Waals surface area contributed by atoms with E-state index in [-0.39, 0.29) is 11.7 Å². The van der Waals surface area contributed by atoms with Crippen molar-refractivity contribution < 1.29 is 14.3 Å². The summed E-state index contributed by atoms with van der Waals surface area (Å²) in [6.07, 6.45) is 1.41. The number of ether oxygens (including phenoxy) is 2. The lowest BCUT2D eigenvalue weighted by Crippen LogP contribution is -2.13. The molecule has 0 unspecified atom stereocenters. The third-order valence-electron chi connectivity index (χ3n) is 3.35. The number of para-hydroxylation sites is 1. The summed E-state index contributed by atoms with van der Waals surface area (Å²) in [6, 6.07) is 14.4. The van der Waals surface area contributed by atoms with Gasteiger partial charge in [-0.05, 0) is 50.3 Å². The second-order valence-corrected chi connectivity index (χ2v) is 6.59. The standard InChI is InChI=1S/C20H19BrN2O3/c1-13(2)26-19-14(5-4-6-18(19)25-3)11-15(12-22)20(24)23-17-9-7-16(21)8-10-17/h4-11,13H,1-3H3,(H,23,24)/b15-11-. The lowest BCUT2D eigenvalue weighted by atomic mass is 10.1. The highest BCUT2D eigenvalue weighted by molar-refractivity contribution is 9.10. The van der Waals surface area contributed by atoms with Gasteiger partial charge in [-0.15, -0.1) is 0 Å². The summed E-state index contributed by atoms with van der Waals surface area (Å²) in [5, 5.41) is 12.1. The van der Waals surface area contributed by atoms with Crippen LogP contribution in [0.4, 0.5) is 5.69 Å². The maximum absolute atomic E-state index is 12.4. The number of benzene rings is 2. The summed E-state index contributed by atoms with van der Waals surface area (Å²) in [5.41, 5.74) is 1.17. The Balaban J connectivity index is 2.34. The number of carbonyl (C=O) groups is 1. The van der Waals surface area contributed by atoms with E-state index in [1.807, 2.05) is 32.0 Å². The number of anilines is 1. The molecule has 0 bridgehead atoms. The van der Waals surface area contributed by atoms with Crippen molar-refractivity contribution in [2.45, 2.75) is 20.0 Å². The van der Waals surface area contributed by atoms with Crippen LogP contribution in [0.3, 0.4) is 0 Å². The molecular weight excluding hydrogens is 396 g/mol. The van der Waals surface area contributed by atoms with Crippen molar-refractivity contribution in [3.8, 4) is 17.6 Å². The summed E-state index contributed by atoms with van der Waals surface area (Å²) in [4.78, 5) is 12.4. The first-order valence-electron chi connectivity index (χ1n) is 7.97. The van der Waals surface area contributed by atoms with Gasteiger partial charge in [0.1, 0.15) is 11.6 Å². The van der Waals surface area contributed by atoms with Gasteiger partial charge < -0.3 is 14.8 Å². The third-order valence-corrected chi connectivity index (χ3v) is 3.88. The maximum Gasteiger partial charge on any atom is 0.266 e. The fourth-order valence-electron chi connectivity index (χ4n) is 2.20. The molecule has 0 aliphatic heterocycles. The Labute approximate surface area is 161 Å². The molecule has 0 saturated heterocycles. The van der Waals surface area contributed by atoms with E-state index in [0.29, 0.717) is 22.7 Å². The van der Waals surface area contributed by atoms with Crippen molar-refractivity contribution in [2.24, 2.45) is 0 Å². The fraction of sp³-hybridized carbons (Fsp3) is 0.200. The summed E-state index contributed by atoms with van der Waals surface area (Å²) >= 11 is 3.34. The van der Waals surface area contributed by atoms with Gasteiger partial charge in [-0.25, -0.2) is 0 Å². The highest BCUT2D eigenvalue weighted by Crippen LogP contribution is 2.33. The number of hydrogen-bond donors (Lipinski definition) is 1. The van der Waals surface area contributed by atoms with Crippen LogP contribution in [0.5, 0.6) is 11.5 Å². The summed E-state index contributed by atoms with van der Waals surface area (Å²) in [7, 11) is 1.54. The van der Waals surface area contributed by atoms with Crippen molar-refractivity contribution in [2.75, 3.05) is 12.4 Å². The Hall–Kier alpha value is -2.78. The topological polar surface area (TPSA) is 71.3 Å². The molecule has 0 heterocycles. The van der Waals surface area contributed by atoms with Crippen LogP contribution in [0.15, 0.2) is 52.5 Å². The Morgan fingerprint density at radius 3 is 2.50 bits per heavy atom. The van der Waals surface area contributed by atoms with Crippen molar-refractivity contribution in [3.05, 3.63) is 58.1 Å². The normalized spacial score (nSPS) is 11.0. The van der Waals surface area contributed by atoms with Crippen molar-refractivity contribution in [1.82, 2.24) is 0 Å². The molecule has 1 amide bonds. The van der Waals surface area contributed by atoms with Crippen molar-refractivity contribution in [1.29, 1.82) is 5.26 Å². The number of nitriles is 1. The number of halogens is 1. The zero-order chi connectivity index (χ0) is 19.1. The minimum Gasteiger partial charge on any atom is -0.493 e. The number of amides is 1. The molecule has 2 aromatic carbocycles. The minimum atomic E-state index is -0.492. The molecule has 1 N–H and O–H groups in total. The Kier molecular flexibility index (Phi) is 6.81. The van der Waals surface area contributed by atoms with Crippen LogP contribution in [0.25, 0.3) is 6.08 Å². The first-order chi connectivity index (χ1) is 12.4. The zero-order valence-electron chi connectivity index (χ0n) is 14.7. The largest absolute Gasteiger partial charge is 0.493 e. The van der Waals surface area contributed by atoms with Gasteiger partial charge >= 0.3 is 0 Å². The second-order valence-electron chi connectivity index (χ2n) is 5.68. The van der Waals surface area contributed by atoms with Gasteiger partial charge in [-0.2, -0.15) is 5.26 Å². The monoisotopic (exact) mass is 414 g/mol. The number of rotatable bonds is 6. The van der Waals surface area contributed by atoms with Crippen LogP contribution in [0.2, 0.25) is 0 Å². The molecule has 134 valence electrons. The molecule has 0 fully saturated rings. The second kappa shape index (κ2) is 9.07. The predicted molar refractivity (Wildman–Crippen MR) is 105 cm³/mol. The van der Waals surface area contributed by atoms with E-state index >= 15 is 0 Å². The molecule has 0 spiro atoms. The van der Waals surface area contributed by atoms with Crippen LogP contribution in [-0.2, 0) is 4.79 Å². The molecule has 2 aromatic rings. The molecule has 5 nitrogen and oxygen atoms in total. The number of methoxy groups -OCH3 is 1. The zero-order valence-corrected chi connectivity index (χ0v) is 16.3. The first kappa shape index (κ1) is 19.5. The molecule has 0 aliphatic rings. The first-order valence-corrected chi connectivity index (χ1v) is 8.76. The highest BCUT2D eigenvalue weighted by Gasteiger charge is 2.15. The lowest BCUT2D eigenvalue weighted by molar-refractivity contribution is -0.112. The Morgan fingerprint density at radius 2 is 1.92 bits per heavy atom. The van der Waals surface area contributed by atoms with Gasteiger partial charge in [0.05, 0.1) is 13.2 Å². The van der Waals surface area contributed by atoms with Crippen molar-refractivity contribution >= 4 is 33.6 Å². The number of nitrogens with zero attached hydrogens (tertiary/aromatic N) is 1. The quantitative estimate of drug-likeness (QED) is 0.544. The van der Waals surface area contributed by atoms with E-state index < -0.39 is 5.91 Å². The molecule has 26 heavy (non-hydrogen) atoms. The van der Waals surface area contributed by atoms with E-state index in [0.717, 1.165) is 4.47 Å². The minimum absolute atomic E-state index is 0.0326. The average Bonchev–Trinajstić information content (AvgIpc) is 2.62. The van der Waals surface area contributed by atoms with Gasteiger partial charge in [0.2, 0.25) is 0 Å². The number of hydrogen-bond acceptors (Lipinski definition) is 4. The third kappa shape index (κ3) is 5.11. The SMILES string of the molecule is COc1cccc(/C=C(/C#N)C(=O)Nc2ccc(Br)cc2)c1OC(C)C. The smallest absolute Gasteiger partial charge is 0.266 e. The van der Waals surface area contributed by atoms with Gasteiger partial charge in [-0.3, -0.25) is 4.79 Å². The van der Waals surface area contributed by atoms with Gasteiger partial charge in [0.15, 0.2) is 11.5 Å². The van der Waals surface area contributed by atoms with Gasteiger partial charge in [0.25, 0.3) is 5.91 Å². The molecule has 0 atom stereocenters. The van der Waals surface area contributed by atoms with Gasteiger partial charge in [0, 0.05) is 15.7 Å². The van der Waals surface area contributed by atoms with Crippen LogP contribution >= 0.6 is 15.9 Å². The highest BCUT2D eigenvalue weighted by atomic mass is 79.9. The van der Waals surface area contributed by atoms with E-state index in [4.69, 9.17) is 9.47 Å². The lowest BCUT2D eigenvalue weighted by Gasteiger charge is -2.16. The molecular formula is C20H19BrN2O3. The van der Waals surface area contributed by atoms with Gasteiger partial charge in [-0.1, -0.05) is 28.1 Å². The number of nitrogens with one attached hydrogen (secondary N) is 1. The van der Waals surface area contributed by atoms with Crippen LogP contribution in [0, 0.1) is 11.3 Å². The fourth-order valence-corrected chi connectivity index (χ4v) is 2.47. The molecule has 0 aromatic heterocycles. The molecule has 2 rings (SSSR count). The Bertz CT molecular complexity index is 852. The summed E-state index contributed by atoms with van der Waals surface area (Å²) in [6.45, 7) is 3.79. The summed E-state index contributed by atoms with van der Waals surface area (Å²) < 4.78 is 12.0. The van der Waals surface area contributed by atoms with Crippen LogP contribution in [-0.4, -0.2) is 19.1 Å². The van der Waals surface area contributed by atoms with E-state index in [1.54, 1.807) is 37.4 Å². The average molecular weight is 415 g/mol. The van der Waals surface area contributed by atoms with Crippen molar-refractivity contribution in [3.63, 3.8) is 0 Å². The predicted octanol–water partition coefficient (Wildman–Crippen LogP) is 4.79. The molecule has 0 aliphatic carbocycles. The Morgan fingerprint density at radius 1 is 1.23 bits per heavy atom. The van der Waals surface area contributed by atoms with Crippen LogP contribution < -0.4 is 14.8 Å². The molecule has 6 heteroatoms. The summed E-state index contributed by atoms with van der Waals surface area (Å²) in [5.74, 6) is 0.542. The van der Waals surface area contributed by atoms with E-state index in [1.165, 1.54) is 6.08 Å². The number of carbonyl (C=O) groups excluding carboxylic acids is 1. The molecule has 0 saturated carbocycles. The molecule has 0 radical (unpaired) electrons. The van der Waals surface area contributed by atoms with E-state index in [2.05, 4.69) is 21.2 Å². The van der Waals surface area contributed by atoms with Crippen LogP contribution in [0.1, 0.15) is 19.4 Å². The maximum atomic E-state index is 12.4. The van der Waals surface area contributed by atoms with E-state index in [9.17, 15) is 10.1 Å².